The third-order valence-corrected chi connectivity index (χ3v) is 6.68. The zero-order valence-electron chi connectivity index (χ0n) is 21.9. The third kappa shape index (κ3) is 6.00. The molecule has 0 N–H and O–H groups in total. The molecule has 0 bridgehead atoms. The summed E-state index contributed by atoms with van der Waals surface area (Å²) in [6.07, 6.45) is 0.831. The van der Waals surface area contributed by atoms with Gasteiger partial charge in [-0.05, 0) is 40.1 Å². The molecule has 5 aromatic carbocycles. The Morgan fingerprint density at radius 3 is 1.87 bits per heavy atom. The maximum Gasteiger partial charge on any atom is 0.311 e. The van der Waals surface area contributed by atoms with Gasteiger partial charge >= 0.3 is 5.97 Å². The second kappa shape index (κ2) is 12.4. The lowest BCUT2D eigenvalue weighted by molar-refractivity contribution is -0.134. The second-order valence-electron chi connectivity index (χ2n) is 9.28. The van der Waals surface area contributed by atoms with E-state index in [4.69, 9.17) is 14.2 Å². The summed E-state index contributed by atoms with van der Waals surface area (Å²) in [7, 11) is 1.64. The monoisotopic (exact) mass is 518 g/mol. The Kier molecular flexibility index (Phi) is 8.29. The topological polar surface area (TPSA) is 61.8 Å². The predicted octanol–water partition coefficient (Wildman–Crippen LogP) is 7.64. The molecular weight excluding hydrogens is 488 g/mol. The van der Waals surface area contributed by atoms with Crippen molar-refractivity contribution < 1.29 is 23.8 Å². The lowest BCUT2D eigenvalue weighted by Crippen LogP contribution is -2.10. The van der Waals surface area contributed by atoms with E-state index in [9.17, 15) is 9.59 Å². The van der Waals surface area contributed by atoms with Crippen LogP contribution in [-0.2, 0) is 9.53 Å². The third-order valence-electron chi connectivity index (χ3n) is 6.68. The van der Waals surface area contributed by atoms with E-state index in [2.05, 4.69) is 12.1 Å². The van der Waals surface area contributed by atoms with Crippen molar-refractivity contribution in [2.45, 2.75) is 19.3 Å². The number of fused-ring (bicyclic) bond motifs is 2. The van der Waals surface area contributed by atoms with Crippen LogP contribution in [0.15, 0.2) is 103 Å². The normalized spacial score (nSPS) is 11.0. The number of carbonyl (C=O) groups is 2. The number of ketones is 1. The van der Waals surface area contributed by atoms with Crippen molar-refractivity contribution in [3.63, 3.8) is 0 Å². The zero-order valence-corrected chi connectivity index (χ0v) is 21.9. The molecule has 0 aliphatic rings. The number of esters is 1. The maximum absolute atomic E-state index is 13.0. The van der Waals surface area contributed by atoms with E-state index < -0.39 is 0 Å². The first-order valence-corrected chi connectivity index (χ1v) is 13.1. The van der Waals surface area contributed by atoms with Gasteiger partial charge < -0.3 is 14.2 Å². The van der Waals surface area contributed by atoms with Gasteiger partial charge in [0.15, 0.2) is 5.78 Å². The fraction of sp³-hybridized carbons (Fsp3) is 0.176. The molecule has 0 fully saturated rings. The molecule has 0 radical (unpaired) electrons. The molecule has 39 heavy (non-hydrogen) atoms. The Labute approximate surface area is 227 Å². The summed E-state index contributed by atoms with van der Waals surface area (Å²) >= 11 is 0. The summed E-state index contributed by atoms with van der Waals surface area (Å²) in [4.78, 5) is 25.5. The van der Waals surface area contributed by atoms with Gasteiger partial charge in [-0.3, -0.25) is 9.59 Å². The second-order valence-corrected chi connectivity index (χ2v) is 9.28. The van der Waals surface area contributed by atoms with Crippen LogP contribution in [0.25, 0.3) is 32.7 Å². The van der Waals surface area contributed by atoms with Gasteiger partial charge in [-0.25, -0.2) is 0 Å². The average Bonchev–Trinajstić information content (AvgIpc) is 2.97. The summed E-state index contributed by atoms with van der Waals surface area (Å²) in [6, 6.07) is 33.0. The lowest BCUT2D eigenvalue weighted by atomic mass is 9.92. The highest BCUT2D eigenvalue weighted by molar-refractivity contribution is 6.10. The van der Waals surface area contributed by atoms with Gasteiger partial charge in [0, 0.05) is 36.6 Å². The number of rotatable bonds is 11. The van der Waals surface area contributed by atoms with Crippen LogP contribution in [-0.4, -0.2) is 32.1 Å². The highest BCUT2D eigenvalue weighted by Gasteiger charge is 2.21. The van der Waals surface area contributed by atoms with E-state index in [1.165, 1.54) is 0 Å². The molecule has 0 heterocycles. The van der Waals surface area contributed by atoms with Crippen LogP contribution in [0.3, 0.4) is 0 Å². The molecule has 0 aliphatic heterocycles. The van der Waals surface area contributed by atoms with E-state index in [1.807, 2.05) is 78.9 Å². The zero-order chi connectivity index (χ0) is 27.0. The summed E-state index contributed by atoms with van der Waals surface area (Å²) in [5.41, 5.74) is 2.31. The predicted molar refractivity (Wildman–Crippen MR) is 155 cm³/mol. The standard InChI is InChI=1S/C34H30O5/c1-37-22-23-38-30-20-18-24-10-5-7-14-27(24)33(30)34-28-15-8-6-11-25(28)19-21-31(34)39-32(36)17-9-16-29(35)26-12-3-2-4-13-26/h2-8,10-15,18-21H,9,16-17,22-23H2,1H3. The number of benzene rings is 5. The first-order valence-electron chi connectivity index (χ1n) is 13.1. The van der Waals surface area contributed by atoms with Crippen LogP contribution >= 0.6 is 0 Å². The maximum atomic E-state index is 13.0. The fourth-order valence-electron chi connectivity index (χ4n) is 4.79. The largest absolute Gasteiger partial charge is 0.491 e. The summed E-state index contributed by atoms with van der Waals surface area (Å²) in [5.74, 6) is 0.784. The molecule has 0 aromatic heterocycles. The van der Waals surface area contributed by atoms with E-state index in [0.29, 0.717) is 36.7 Å². The minimum atomic E-state index is -0.380. The van der Waals surface area contributed by atoms with Crippen LogP contribution in [0.5, 0.6) is 11.5 Å². The minimum absolute atomic E-state index is 0.0170. The Morgan fingerprint density at radius 2 is 1.21 bits per heavy atom. The SMILES string of the molecule is COCCOc1ccc2ccccc2c1-c1c(OC(=O)CCCC(=O)c2ccccc2)ccc2ccccc12. The summed E-state index contributed by atoms with van der Waals surface area (Å²) in [5, 5.41) is 4.03. The van der Waals surface area contributed by atoms with Crippen molar-refractivity contribution in [1.29, 1.82) is 0 Å². The van der Waals surface area contributed by atoms with E-state index in [1.54, 1.807) is 19.2 Å². The quantitative estimate of drug-likeness (QED) is 0.0778. The van der Waals surface area contributed by atoms with Crippen LogP contribution in [0, 0.1) is 0 Å². The van der Waals surface area contributed by atoms with E-state index >= 15 is 0 Å². The number of carbonyl (C=O) groups excluding carboxylic acids is 2. The molecule has 0 unspecified atom stereocenters. The molecule has 196 valence electrons. The van der Waals surface area contributed by atoms with Crippen LogP contribution in [0.4, 0.5) is 0 Å². The van der Waals surface area contributed by atoms with Crippen molar-refractivity contribution in [2.24, 2.45) is 0 Å². The lowest BCUT2D eigenvalue weighted by Gasteiger charge is -2.19. The molecule has 5 heteroatoms. The summed E-state index contributed by atoms with van der Waals surface area (Å²) in [6.45, 7) is 0.836. The van der Waals surface area contributed by atoms with Gasteiger partial charge in [-0.2, -0.15) is 0 Å². The Balaban J connectivity index is 1.49. The molecule has 0 saturated heterocycles. The van der Waals surface area contributed by atoms with Crippen molar-refractivity contribution >= 4 is 33.3 Å². The number of hydrogen-bond acceptors (Lipinski definition) is 5. The molecule has 0 atom stereocenters. The number of methoxy groups -OCH3 is 1. The van der Waals surface area contributed by atoms with Gasteiger partial charge in [0.1, 0.15) is 18.1 Å². The Hall–Kier alpha value is -4.48. The van der Waals surface area contributed by atoms with Crippen LogP contribution in [0.2, 0.25) is 0 Å². The number of Topliss-reactive ketones (excluding diaryl/α,β-unsaturated/α-hetero) is 1. The average molecular weight is 519 g/mol. The molecule has 0 aliphatic carbocycles. The number of hydrogen-bond donors (Lipinski definition) is 0. The molecular formula is C34H30O5. The molecule has 0 spiro atoms. The van der Waals surface area contributed by atoms with Crippen molar-refractivity contribution in [1.82, 2.24) is 0 Å². The van der Waals surface area contributed by atoms with Crippen molar-refractivity contribution in [2.75, 3.05) is 20.3 Å². The number of ether oxygens (including phenoxy) is 3. The Bertz CT molecular complexity index is 1610. The van der Waals surface area contributed by atoms with Crippen molar-refractivity contribution in [3.05, 3.63) is 109 Å². The van der Waals surface area contributed by atoms with Crippen LogP contribution in [0.1, 0.15) is 29.6 Å². The van der Waals surface area contributed by atoms with Crippen molar-refractivity contribution in [3.8, 4) is 22.6 Å². The minimum Gasteiger partial charge on any atom is -0.491 e. The molecule has 5 aromatic rings. The van der Waals surface area contributed by atoms with Gasteiger partial charge in [0.05, 0.1) is 6.61 Å². The molecule has 5 rings (SSSR count). The highest BCUT2D eigenvalue weighted by atomic mass is 16.5. The van der Waals surface area contributed by atoms with Gasteiger partial charge in [0.2, 0.25) is 0 Å². The fourth-order valence-corrected chi connectivity index (χ4v) is 4.79. The van der Waals surface area contributed by atoms with Crippen LogP contribution < -0.4 is 9.47 Å². The van der Waals surface area contributed by atoms with Gasteiger partial charge in [-0.1, -0.05) is 91.0 Å². The van der Waals surface area contributed by atoms with Gasteiger partial charge in [0.25, 0.3) is 0 Å². The molecule has 0 saturated carbocycles. The summed E-state index contributed by atoms with van der Waals surface area (Å²) < 4.78 is 17.4. The highest BCUT2D eigenvalue weighted by Crippen LogP contribution is 2.45. The first kappa shape index (κ1) is 26.1. The molecule has 5 nitrogen and oxygen atoms in total. The smallest absolute Gasteiger partial charge is 0.311 e. The Morgan fingerprint density at radius 1 is 0.615 bits per heavy atom. The molecule has 0 amide bonds. The van der Waals surface area contributed by atoms with E-state index in [-0.39, 0.29) is 24.6 Å². The van der Waals surface area contributed by atoms with E-state index in [0.717, 1.165) is 32.7 Å². The van der Waals surface area contributed by atoms with Gasteiger partial charge in [-0.15, -0.1) is 0 Å². The first-order chi connectivity index (χ1) is 19.2.